The topological polar surface area (TPSA) is 75.7 Å². The lowest BCUT2D eigenvalue weighted by atomic mass is 10.2. The van der Waals surface area contributed by atoms with E-state index in [0.29, 0.717) is 12.3 Å². The lowest BCUT2D eigenvalue weighted by molar-refractivity contribution is -0.129. The van der Waals surface area contributed by atoms with E-state index < -0.39 is 10.0 Å². The van der Waals surface area contributed by atoms with Crippen LogP contribution >= 0.6 is 0 Å². The lowest BCUT2D eigenvalue weighted by Crippen LogP contribution is -2.37. The Morgan fingerprint density at radius 3 is 2.38 bits per heavy atom. The van der Waals surface area contributed by atoms with E-state index >= 15 is 0 Å². The van der Waals surface area contributed by atoms with Gasteiger partial charge in [-0.2, -0.15) is 0 Å². The third kappa shape index (κ3) is 5.31. The number of methoxy groups -OCH3 is 1. The number of carbonyl (C=O) groups is 1. The first-order chi connectivity index (χ1) is 12.3. The van der Waals surface area contributed by atoms with Gasteiger partial charge in [-0.25, -0.2) is 13.1 Å². The Bertz CT molecular complexity index is 848. The number of nitrogens with one attached hydrogen (secondary N) is 1. The number of sulfonamides is 1. The molecule has 0 bridgehead atoms. The van der Waals surface area contributed by atoms with Crippen molar-refractivity contribution in [2.24, 2.45) is 0 Å². The number of benzene rings is 2. The molecular weight excluding hydrogens is 352 g/mol. The summed E-state index contributed by atoms with van der Waals surface area (Å²) >= 11 is 0. The summed E-state index contributed by atoms with van der Waals surface area (Å²) < 4.78 is 32.5. The van der Waals surface area contributed by atoms with E-state index in [2.05, 4.69) is 4.72 Å². The monoisotopic (exact) mass is 376 g/mol. The summed E-state index contributed by atoms with van der Waals surface area (Å²) in [6, 6.07) is 14.1. The van der Waals surface area contributed by atoms with Crippen LogP contribution in [-0.4, -0.2) is 39.4 Å². The molecule has 2 aromatic rings. The van der Waals surface area contributed by atoms with Crippen molar-refractivity contribution in [3.05, 3.63) is 59.7 Å². The molecule has 0 atom stereocenters. The van der Waals surface area contributed by atoms with Gasteiger partial charge in [-0.05, 0) is 25.1 Å². The maximum atomic E-state index is 12.3. The Hall–Kier alpha value is -2.38. The number of rotatable bonds is 8. The highest BCUT2D eigenvalue weighted by Gasteiger charge is 2.16. The van der Waals surface area contributed by atoms with Gasteiger partial charge >= 0.3 is 0 Å². The predicted octanol–water partition coefficient (Wildman–Crippen LogP) is 2.33. The van der Waals surface area contributed by atoms with Crippen LogP contribution in [0.5, 0.6) is 5.75 Å². The maximum Gasteiger partial charge on any atom is 0.240 e. The van der Waals surface area contributed by atoms with Gasteiger partial charge in [0.15, 0.2) is 0 Å². The average Bonchev–Trinajstić information content (AvgIpc) is 2.61. The van der Waals surface area contributed by atoms with Crippen molar-refractivity contribution in [2.45, 2.75) is 25.3 Å². The Balaban J connectivity index is 2.00. The van der Waals surface area contributed by atoms with Gasteiger partial charge < -0.3 is 9.64 Å². The largest absolute Gasteiger partial charge is 0.496 e. The summed E-state index contributed by atoms with van der Waals surface area (Å²) in [5.41, 5.74) is 1.86. The molecule has 0 fully saturated rings. The van der Waals surface area contributed by atoms with Gasteiger partial charge in [0, 0.05) is 32.1 Å². The molecule has 2 aromatic carbocycles. The van der Waals surface area contributed by atoms with Gasteiger partial charge in [0.05, 0.1) is 12.0 Å². The van der Waals surface area contributed by atoms with E-state index in [0.717, 1.165) is 11.1 Å². The van der Waals surface area contributed by atoms with Gasteiger partial charge in [-0.1, -0.05) is 35.9 Å². The molecule has 7 heteroatoms. The highest BCUT2D eigenvalue weighted by molar-refractivity contribution is 7.89. The summed E-state index contributed by atoms with van der Waals surface area (Å²) in [4.78, 5) is 13.7. The van der Waals surface area contributed by atoms with E-state index in [1.165, 1.54) is 6.92 Å². The van der Waals surface area contributed by atoms with E-state index in [9.17, 15) is 13.2 Å². The Morgan fingerprint density at radius 1 is 1.12 bits per heavy atom. The standard InChI is InChI=1S/C19H24N2O4S/c1-15-8-10-18(11-9-15)26(23,24)20-12-13-21(16(2)22)14-17-6-4-5-7-19(17)25-3/h4-11,20H,12-14H2,1-3H3. The van der Waals surface area contributed by atoms with Crippen molar-refractivity contribution in [3.63, 3.8) is 0 Å². The predicted molar refractivity (Wildman–Crippen MR) is 100 cm³/mol. The zero-order valence-corrected chi connectivity index (χ0v) is 16.0. The average molecular weight is 376 g/mol. The minimum Gasteiger partial charge on any atom is -0.496 e. The van der Waals surface area contributed by atoms with Crippen molar-refractivity contribution in [1.82, 2.24) is 9.62 Å². The fraction of sp³-hybridized carbons (Fsp3) is 0.316. The van der Waals surface area contributed by atoms with Crippen molar-refractivity contribution < 1.29 is 17.9 Å². The molecule has 26 heavy (non-hydrogen) atoms. The normalized spacial score (nSPS) is 11.2. The summed E-state index contributed by atoms with van der Waals surface area (Å²) in [5, 5.41) is 0. The molecule has 0 saturated heterocycles. The van der Waals surface area contributed by atoms with Crippen LogP contribution in [0.1, 0.15) is 18.1 Å². The summed E-state index contributed by atoms with van der Waals surface area (Å²) in [7, 11) is -2.02. The van der Waals surface area contributed by atoms with Crippen LogP contribution in [0.2, 0.25) is 0 Å². The molecule has 0 aliphatic rings. The van der Waals surface area contributed by atoms with Crippen LogP contribution < -0.4 is 9.46 Å². The number of hydrogen-bond donors (Lipinski definition) is 1. The smallest absolute Gasteiger partial charge is 0.240 e. The molecule has 140 valence electrons. The van der Waals surface area contributed by atoms with Crippen molar-refractivity contribution in [3.8, 4) is 5.75 Å². The zero-order valence-electron chi connectivity index (χ0n) is 15.2. The van der Waals surface area contributed by atoms with E-state index in [1.54, 1.807) is 36.3 Å². The number of hydrogen-bond acceptors (Lipinski definition) is 4. The molecule has 0 unspecified atom stereocenters. The van der Waals surface area contributed by atoms with Crippen LogP contribution in [0.3, 0.4) is 0 Å². The van der Waals surface area contributed by atoms with Crippen molar-refractivity contribution in [1.29, 1.82) is 0 Å². The third-order valence-electron chi connectivity index (χ3n) is 4.00. The first-order valence-electron chi connectivity index (χ1n) is 8.27. The Morgan fingerprint density at radius 2 is 1.77 bits per heavy atom. The second-order valence-electron chi connectivity index (χ2n) is 5.96. The van der Waals surface area contributed by atoms with Crippen LogP contribution in [0.25, 0.3) is 0 Å². The highest BCUT2D eigenvalue weighted by Crippen LogP contribution is 2.19. The van der Waals surface area contributed by atoms with E-state index in [1.807, 2.05) is 31.2 Å². The van der Waals surface area contributed by atoms with Gasteiger partial charge in [-0.15, -0.1) is 0 Å². The first kappa shape index (κ1) is 19.9. The molecule has 1 amide bonds. The second-order valence-corrected chi connectivity index (χ2v) is 7.73. The minimum absolute atomic E-state index is 0.130. The van der Waals surface area contributed by atoms with E-state index in [4.69, 9.17) is 4.74 Å². The second kappa shape index (κ2) is 8.82. The Labute approximate surface area is 154 Å². The number of amides is 1. The lowest BCUT2D eigenvalue weighted by Gasteiger charge is -2.22. The molecule has 0 saturated carbocycles. The van der Waals surface area contributed by atoms with Gasteiger partial charge in [-0.3, -0.25) is 4.79 Å². The maximum absolute atomic E-state index is 12.3. The number of para-hydroxylation sites is 1. The molecule has 0 radical (unpaired) electrons. The van der Waals surface area contributed by atoms with Crippen LogP contribution in [0.4, 0.5) is 0 Å². The van der Waals surface area contributed by atoms with Crippen LogP contribution in [0.15, 0.2) is 53.4 Å². The van der Waals surface area contributed by atoms with Gasteiger partial charge in [0.2, 0.25) is 15.9 Å². The number of carbonyl (C=O) groups excluding carboxylic acids is 1. The molecule has 0 aliphatic heterocycles. The highest BCUT2D eigenvalue weighted by atomic mass is 32.2. The van der Waals surface area contributed by atoms with Crippen LogP contribution in [-0.2, 0) is 21.4 Å². The van der Waals surface area contributed by atoms with Crippen molar-refractivity contribution >= 4 is 15.9 Å². The van der Waals surface area contributed by atoms with Gasteiger partial charge in [0.1, 0.15) is 5.75 Å². The SMILES string of the molecule is COc1ccccc1CN(CCNS(=O)(=O)c1ccc(C)cc1)C(C)=O. The molecule has 0 heterocycles. The quantitative estimate of drug-likeness (QED) is 0.767. The van der Waals surface area contributed by atoms with Gasteiger partial charge in [0.25, 0.3) is 0 Å². The first-order valence-corrected chi connectivity index (χ1v) is 9.75. The molecular formula is C19H24N2O4S. The zero-order chi connectivity index (χ0) is 19.2. The Kier molecular flexibility index (Phi) is 6.76. The van der Waals surface area contributed by atoms with E-state index in [-0.39, 0.29) is 23.9 Å². The molecule has 0 aliphatic carbocycles. The summed E-state index contributed by atoms with van der Waals surface area (Å²) in [5.74, 6) is 0.560. The van der Waals surface area contributed by atoms with Crippen molar-refractivity contribution in [2.75, 3.05) is 20.2 Å². The minimum atomic E-state index is -3.60. The summed E-state index contributed by atoms with van der Waals surface area (Å²) in [6.45, 7) is 4.10. The fourth-order valence-electron chi connectivity index (χ4n) is 2.50. The number of nitrogens with zero attached hydrogens (tertiary/aromatic N) is 1. The van der Waals surface area contributed by atoms with Crippen LogP contribution in [0, 0.1) is 6.92 Å². The molecule has 6 nitrogen and oxygen atoms in total. The molecule has 0 spiro atoms. The molecule has 0 aromatic heterocycles. The number of aryl methyl sites for hydroxylation is 1. The molecule has 2 rings (SSSR count). The molecule has 1 N–H and O–H groups in total. The third-order valence-corrected chi connectivity index (χ3v) is 5.48. The number of ether oxygens (including phenoxy) is 1. The fourth-order valence-corrected chi connectivity index (χ4v) is 3.52. The summed E-state index contributed by atoms with van der Waals surface area (Å²) in [6.07, 6.45) is 0.